The van der Waals surface area contributed by atoms with Gasteiger partial charge in [0.1, 0.15) is 17.0 Å². The Hall–Kier alpha value is -4.74. The summed E-state index contributed by atoms with van der Waals surface area (Å²) >= 11 is 0. The van der Waals surface area contributed by atoms with Crippen LogP contribution in [0.1, 0.15) is 42.7 Å². The quantitative estimate of drug-likeness (QED) is 0.285. The molecule has 0 saturated carbocycles. The molecule has 0 aliphatic carbocycles. The molecule has 2 aromatic heterocycles. The van der Waals surface area contributed by atoms with Crippen LogP contribution in [0.4, 0.5) is 13.2 Å². The molecule has 0 spiro atoms. The number of benzene rings is 2. The molecule has 1 aliphatic heterocycles. The molecule has 188 valence electrons. The van der Waals surface area contributed by atoms with Crippen LogP contribution < -0.4 is 4.74 Å². The minimum Gasteiger partial charge on any atom is -0.494 e. The van der Waals surface area contributed by atoms with E-state index in [0.29, 0.717) is 0 Å². The number of imide groups is 1. The second-order valence-electron chi connectivity index (χ2n) is 7.93. The number of fused-ring (bicyclic) bond motifs is 2. The Labute approximate surface area is 206 Å². The third kappa shape index (κ3) is 3.96. The minimum atomic E-state index is -4.68. The Balaban J connectivity index is 1.61. The van der Waals surface area contributed by atoms with Crippen LogP contribution in [0.15, 0.2) is 52.9 Å². The lowest BCUT2D eigenvalue weighted by Crippen LogP contribution is -2.29. The molecule has 0 saturated heterocycles. The Bertz CT molecular complexity index is 1560. The zero-order valence-electron chi connectivity index (χ0n) is 19.3. The maximum atomic E-state index is 13.3. The average molecular weight is 511 g/mol. The first kappa shape index (κ1) is 24.0. The van der Waals surface area contributed by atoms with Gasteiger partial charge in [0.15, 0.2) is 11.5 Å². The summed E-state index contributed by atoms with van der Waals surface area (Å²) in [7, 11) is 2.41. The summed E-state index contributed by atoms with van der Waals surface area (Å²) in [5.41, 5.74) is -0.897. The van der Waals surface area contributed by atoms with Crippen molar-refractivity contribution >= 4 is 28.7 Å². The molecular formula is C25H16F3N3O6. The Morgan fingerprint density at radius 2 is 1.62 bits per heavy atom. The van der Waals surface area contributed by atoms with Gasteiger partial charge in [-0.3, -0.25) is 14.5 Å². The number of hydrogen-bond donors (Lipinski definition) is 0. The van der Waals surface area contributed by atoms with Gasteiger partial charge in [-0.15, -0.1) is 0 Å². The highest BCUT2D eigenvalue weighted by molar-refractivity contribution is 6.21. The lowest BCUT2D eigenvalue weighted by Gasteiger charge is -2.12. The molecule has 2 amide bonds. The summed E-state index contributed by atoms with van der Waals surface area (Å²) < 4.78 is 55.6. The molecule has 0 radical (unpaired) electrons. The van der Waals surface area contributed by atoms with Gasteiger partial charge >= 0.3 is 12.1 Å². The van der Waals surface area contributed by atoms with E-state index in [0.717, 1.165) is 18.1 Å². The first-order chi connectivity index (χ1) is 17.6. The van der Waals surface area contributed by atoms with Crippen molar-refractivity contribution in [3.8, 4) is 17.2 Å². The van der Waals surface area contributed by atoms with Gasteiger partial charge in [-0.05, 0) is 36.4 Å². The van der Waals surface area contributed by atoms with Crippen LogP contribution in [0.25, 0.3) is 22.4 Å². The highest BCUT2D eigenvalue weighted by Gasteiger charge is 2.38. The van der Waals surface area contributed by atoms with Crippen LogP contribution in [0.3, 0.4) is 0 Å². The molecule has 1 aliphatic rings. The van der Waals surface area contributed by atoms with Crippen LogP contribution >= 0.6 is 0 Å². The average Bonchev–Trinajstić information content (AvgIpc) is 3.42. The first-order valence-corrected chi connectivity index (χ1v) is 10.7. The van der Waals surface area contributed by atoms with Crippen LogP contribution in [-0.4, -0.2) is 46.9 Å². The fourth-order valence-electron chi connectivity index (χ4n) is 4.06. The number of alkyl halides is 3. The number of oxazole rings is 1. The largest absolute Gasteiger partial charge is 0.494 e. The van der Waals surface area contributed by atoms with E-state index in [1.54, 1.807) is 12.1 Å². The number of rotatable bonds is 5. The van der Waals surface area contributed by atoms with E-state index in [1.165, 1.54) is 37.4 Å². The molecule has 4 aromatic rings. The first-order valence-electron chi connectivity index (χ1n) is 10.7. The number of pyridine rings is 1. The number of halogens is 3. The van der Waals surface area contributed by atoms with Crippen molar-refractivity contribution in [1.82, 2.24) is 14.9 Å². The number of aromatic nitrogens is 2. The van der Waals surface area contributed by atoms with Crippen molar-refractivity contribution in [2.45, 2.75) is 12.7 Å². The highest BCUT2D eigenvalue weighted by atomic mass is 19.4. The summed E-state index contributed by atoms with van der Waals surface area (Å²) in [5.74, 6) is -2.25. The van der Waals surface area contributed by atoms with E-state index in [9.17, 15) is 27.6 Å². The van der Waals surface area contributed by atoms with Gasteiger partial charge in [-0.1, -0.05) is 12.1 Å². The molecule has 9 nitrogen and oxygen atoms in total. The molecule has 5 rings (SSSR count). The SMILES string of the molecule is COC(=O)c1nc(-c2ccc(OC)c3nc(C(F)(F)F)ccc23)oc1CN1C(=O)c2ccccc2C1=O. The molecule has 0 unspecified atom stereocenters. The van der Waals surface area contributed by atoms with Gasteiger partial charge < -0.3 is 13.9 Å². The van der Waals surface area contributed by atoms with Gasteiger partial charge in [-0.25, -0.2) is 14.8 Å². The van der Waals surface area contributed by atoms with Gasteiger partial charge in [0.05, 0.1) is 31.9 Å². The van der Waals surface area contributed by atoms with Crippen molar-refractivity contribution in [2.24, 2.45) is 0 Å². The van der Waals surface area contributed by atoms with E-state index >= 15 is 0 Å². The number of hydrogen-bond acceptors (Lipinski definition) is 8. The minimum absolute atomic E-state index is 0.0795. The highest BCUT2D eigenvalue weighted by Crippen LogP contribution is 2.37. The monoisotopic (exact) mass is 511 g/mol. The van der Waals surface area contributed by atoms with E-state index < -0.39 is 36.2 Å². The maximum absolute atomic E-state index is 13.3. The Morgan fingerprint density at radius 1 is 0.946 bits per heavy atom. The second kappa shape index (κ2) is 8.73. The lowest BCUT2D eigenvalue weighted by molar-refractivity contribution is -0.140. The number of esters is 1. The summed E-state index contributed by atoms with van der Waals surface area (Å²) in [6, 6.07) is 11.1. The van der Waals surface area contributed by atoms with E-state index in [1.807, 2.05) is 0 Å². The van der Waals surface area contributed by atoms with Crippen molar-refractivity contribution < 1.29 is 41.4 Å². The summed E-state index contributed by atoms with van der Waals surface area (Å²) in [5, 5.41) is 0.206. The summed E-state index contributed by atoms with van der Waals surface area (Å²) in [6.45, 7) is -0.422. The van der Waals surface area contributed by atoms with Crippen molar-refractivity contribution in [1.29, 1.82) is 0 Å². The van der Waals surface area contributed by atoms with Gasteiger partial charge in [-0.2, -0.15) is 13.2 Å². The standard InChI is InChI=1S/C25H16F3N3O6/c1-35-16-9-7-13(12-8-10-18(25(26,27)28)29-19(12)16)21-30-20(24(34)36-2)17(37-21)11-31-22(32)14-5-3-4-6-15(14)23(31)33/h3-10H,11H2,1-2H3. The normalized spacial score (nSPS) is 13.3. The molecule has 0 atom stereocenters. The summed E-state index contributed by atoms with van der Waals surface area (Å²) in [6.07, 6.45) is -4.68. The van der Waals surface area contributed by atoms with Crippen molar-refractivity contribution in [3.63, 3.8) is 0 Å². The number of ether oxygens (including phenoxy) is 2. The number of nitrogens with zero attached hydrogens (tertiary/aromatic N) is 3. The van der Waals surface area contributed by atoms with Gasteiger partial charge in [0, 0.05) is 10.9 Å². The third-order valence-electron chi connectivity index (χ3n) is 5.82. The number of methoxy groups -OCH3 is 2. The van der Waals surface area contributed by atoms with Gasteiger partial charge in [0.25, 0.3) is 11.8 Å². The Kier molecular flexibility index (Phi) is 5.66. The molecule has 2 aromatic carbocycles. The molecule has 0 fully saturated rings. The molecule has 3 heterocycles. The second-order valence-corrected chi connectivity index (χ2v) is 7.93. The molecule has 0 bridgehead atoms. The smallest absolute Gasteiger partial charge is 0.433 e. The number of carbonyl (C=O) groups is 3. The van der Waals surface area contributed by atoms with Crippen LogP contribution in [-0.2, 0) is 17.5 Å². The fourth-order valence-corrected chi connectivity index (χ4v) is 4.06. The maximum Gasteiger partial charge on any atom is 0.433 e. The Morgan fingerprint density at radius 3 is 2.22 bits per heavy atom. The van der Waals surface area contributed by atoms with Crippen LogP contribution in [0, 0.1) is 0 Å². The molecule has 0 N–H and O–H groups in total. The molecule has 37 heavy (non-hydrogen) atoms. The fraction of sp³-hybridized carbons (Fsp3) is 0.160. The lowest BCUT2D eigenvalue weighted by atomic mass is 10.1. The van der Waals surface area contributed by atoms with Crippen LogP contribution in [0.2, 0.25) is 0 Å². The van der Waals surface area contributed by atoms with E-state index in [-0.39, 0.29) is 50.7 Å². The number of amides is 2. The topological polar surface area (TPSA) is 112 Å². The molecule has 12 heteroatoms. The zero-order chi connectivity index (χ0) is 26.5. The van der Waals surface area contributed by atoms with Crippen molar-refractivity contribution in [2.75, 3.05) is 14.2 Å². The van der Waals surface area contributed by atoms with E-state index in [4.69, 9.17) is 13.9 Å². The van der Waals surface area contributed by atoms with Gasteiger partial charge in [0.2, 0.25) is 5.89 Å². The van der Waals surface area contributed by atoms with Crippen molar-refractivity contribution in [3.05, 3.63) is 76.8 Å². The third-order valence-corrected chi connectivity index (χ3v) is 5.82. The summed E-state index contributed by atoms with van der Waals surface area (Å²) in [4.78, 5) is 46.9. The zero-order valence-corrected chi connectivity index (χ0v) is 19.3. The predicted molar refractivity (Wildman–Crippen MR) is 121 cm³/mol. The van der Waals surface area contributed by atoms with E-state index in [2.05, 4.69) is 9.97 Å². The van der Waals surface area contributed by atoms with Crippen LogP contribution in [0.5, 0.6) is 5.75 Å². The number of carbonyl (C=O) groups excluding carboxylic acids is 3. The predicted octanol–water partition coefficient (Wildman–Crippen LogP) is 4.50. The molecular weight excluding hydrogens is 495 g/mol.